The molecular formula is C13H12N4O2S2. The highest BCUT2D eigenvalue weighted by molar-refractivity contribution is 7.98. The van der Waals surface area contributed by atoms with Crippen molar-refractivity contribution >= 4 is 34.0 Å². The Labute approximate surface area is 129 Å². The van der Waals surface area contributed by atoms with E-state index in [0.717, 1.165) is 0 Å². The molecule has 0 unspecified atom stereocenters. The van der Waals surface area contributed by atoms with Crippen LogP contribution in [0.25, 0.3) is 0 Å². The molecule has 0 aliphatic rings. The van der Waals surface area contributed by atoms with Crippen molar-refractivity contribution in [2.45, 2.75) is 11.9 Å². The number of hydrogen-bond acceptors (Lipinski definition) is 8. The third-order valence-corrected chi connectivity index (χ3v) is 4.23. The predicted molar refractivity (Wildman–Crippen MR) is 84.2 cm³/mol. The van der Waals surface area contributed by atoms with E-state index in [4.69, 9.17) is 5.26 Å². The number of nitriles is 1. The summed E-state index contributed by atoms with van der Waals surface area (Å²) in [5.74, 6) is -0.388. The van der Waals surface area contributed by atoms with Gasteiger partial charge in [0, 0.05) is 5.56 Å². The van der Waals surface area contributed by atoms with Gasteiger partial charge in [-0.2, -0.15) is 14.7 Å². The second kappa shape index (κ2) is 6.47. The highest BCUT2D eigenvalue weighted by Gasteiger charge is 2.12. The number of phenols is 2. The minimum absolute atomic E-state index is 0.182. The summed E-state index contributed by atoms with van der Waals surface area (Å²) in [6, 6.07) is 6.55. The Morgan fingerprint density at radius 3 is 2.81 bits per heavy atom. The third-order valence-electron chi connectivity index (χ3n) is 2.68. The summed E-state index contributed by atoms with van der Waals surface area (Å²) in [7, 11) is 0. The van der Waals surface area contributed by atoms with E-state index in [-0.39, 0.29) is 11.5 Å². The molecule has 21 heavy (non-hydrogen) atoms. The molecule has 0 aliphatic carbocycles. The van der Waals surface area contributed by atoms with Crippen LogP contribution in [0.3, 0.4) is 0 Å². The second-order valence-corrected chi connectivity index (χ2v) is 5.59. The summed E-state index contributed by atoms with van der Waals surface area (Å²) in [4.78, 5) is 0. The van der Waals surface area contributed by atoms with Crippen molar-refractivity contribution in [1.82, 2.24) is 4.37 Å². The average molecular weight is 320 g/mol. The van der Waals surface area contributed by atoms with Gasteiger partial charge in [0.1, 0.15) is 21.7 Å². The number of hydrogen-bond donors (Lipinski definition) is 3. The van der Waals surface area contributed by atoms with Gasteiger partial charge in [-0.1, -0.05) is 0 Å². The lowest BCUT2D eigenvalue weighted by atomic mass is 10.1. The minimum atomic E-state index is -0.206. The lowest BCUT2D eigenvalue weighted by Gasteiger charge is -2.04. The number of nitrogens with one attached hydrogen (secondary N) is 1. The zero-order chi connectivity index (χ0) is 15.4. The van der Waals surface area contributed by atoms with Crippen LogP contribution in [0.1, 0.15) is 18.1 Å². The molecule has 0 bridgehead atoms. The SMILES string of the molecule is CSc1nsc(N/N=C(\C)c2ccc(O)c(O)c2)c1C#N. The quantitative estimate of drug-likeness (QED) is 0.346. The minimum Gasteiger partial charge on any atom is -0.504 e. The fourth-order valence-corrected chi connectivity index (χ4v) is 2.95. The summed E-state index contributed by atoms with van der Waals surface area (Å²) in [6.45, 7) is 1.75. The molecule has 0 radical (unpaired) electrons. The number of benzene rings is 1. The smallest absolute Gasteiger partial charge is 0.158 e. The fraction of sp³-hybridized carbons (Fsp3) is 0.154. The van der Waals surface area contributed by atoms with Gasteiger partial charge >= 0.3 is 0 Å². The van der Waals surface area contributed by atoms with E-state index < -0.39 is 0 Å². The summed E-state index contributed by atoms with van der Waals surface area (Å²) in [5, 5.41) is 33.3. The van der Waals surface area contributed by atoms with Crippen LogP contribution in [0, 0.1) is 11.3 Å². The molecule has 0 spiro atoms. The van der Waals surface area contributed by atoms with Gasteiger partial charge in [0.15, 0.2) is 11.5 Å². The molecule has 0 amide bonds. The van der Waals surface area contributed by atoms with Crippen molar-refractivity contribution in [2.24, 2.45) is 5.10 Å². The number of hydrazone groups is 1. The molecule has 6 nitrogen and oxygen atoms in total. The summed E-state index contributed by atoms with van der Waals surface area (Å²) < 4.78 is 4.16. The monoisotopic (exact) mass is 320 g/mol. The molecule has 0 atom stereocenters. The maximum atomic E-state index is 9.47. The van der Waals surface area contributed by atoms with E-state index in [2.05, 4.69) is 21.0 Å². The summed E-state index contributed by atoms with van der Waals surface area (Å²) >= 11 is 2.57. The summed E-state index contributed by atoms with van der Waals surface area (Å²) in [5.41, 5.74) is 4.55. The Bertz CT molecular complexity index is 734. The zero-order valence-corrected chi connectivity index (χ0v) is 12.9. The number of aromatic hydroxyl groups is 2. The molecule has 1 aromatic heterocycles. The van der Waals surface area contributed by atoms with E-state index in [9.17, 15) is 10.2 Å². The van der Waals surface area contributed by atoms with E-state index in [1.807, 2.05) is 6.26 Å². The van der Waals surface area contributed by atoms with Gasteiger partial charge in [0.25, 0.3) is 0 Å². The number of phenolic OH excluding ortho intramolecular Hbond substituents is 2. The molecule has 2 aromatic rings. The van der Waals surface area contributed by atoms with Crippen molar-refractivity contribution in [3.8, 4) is 17.6 Å². The van der Waals surface area contributed by atoms with E-state index in [1.165, 1.54) is 35.4 Å². The van der Waals surface area contributed by atoms with Crippen molar-refractivity contribution in [1.29, 1.82) is 5.26 Å². The van der Waals surface area contributed by atoms with Crippen LogP contribution >= 0.6 is 23.3 Å². The standard InChI is InChI=1S/C13H12N4O2S2/c1-7(8-3-4-10(18)11(19)5-8)15-16-12-9(6-14)13(20-2)17-21-12/h3-5,16,18-19H,1-2H3/b15-7+. The van der Waals surface area contributed by atoms with Gasteiger partial charge in [0.05, 0.1) is 5.71 Å². The molecule has 0 aliphatic heterocycles. The Kier molecular flexibility index (Phi) is 4.67. The predicted octanol–water partition coefficient (Wildman–Crippen LogP) is 2.98. The molecule has 108 valence electrons. The molecule has 0 fully saturated rings. The van der Waals surface area contributed by atoms with Crippen LogP contribution in [0.4, 0.5) is 5.00 Å². The van der Waals surface area contributed by atoms with Crippen LogP contribution in [-0.4, -0.2) is 26.6 Å². The van der Waals surface area contributed by atoms with E-state index >= 15 is 0 Å². The Hall–Kier alpha value is -2.24. The third kappa shape index (κ3) is 3.26. The lowest BCUT2D eigenvalue weighted by Crippen LogP contribution is -1.99. The second-order valence-electron chi connectivity index (χ2n) is 4.02. The van der Waals surface area contributed by atoms with Gasteiger partial charge in [0.2, 0.25) is 0 Å². The number of nitrogens with zero attached hydrogens (tertiary/aromatic N) is 3. The number of anilines is 1. The molecule has 0 saturated heterocycles. The number of thioether (sulfide) groups is 1. The average Bonchev–Trinajstić information content (AvgIpc) is 2.89. The van der Waals surface area contributed by atoms with Gasteiger partial charge in [-0.25, -0.2) is 0 Å². The molecule has 0 saturated carbocycles. The van der Waals surface area contributed by atoms with Crippen molar-refractivity contribution in [3.05, 3.63) is 29.3 Å². The van der Waals surface area contributed by atoms with Crippen molar-refractivity contribution in [3.63, 3.8) is 0 Å². The van der Waals surface area contributed by atoms with Gasteiger partial charge in [-0.05, 0) is 42.9 Å². The molecule has 3 N–H and O–H groups in total. The van der Waals surface area contributed by atoms with Crippen LogP contribution in [0.2, 0.25) is 0 Å². The van der Waals surface area contributed by atoms with Crippen molar-refractivity contribution < 1.29 is 10.2 Å². The maximum absolute atomic E-state index is 9.47. The molecule has 1 aromatic carbocycles. The van der Waals surface area contributed by atoms with E-state index in [1.54, 1.807) is 13.0 Å². The Morgan fingerprint density at radius 2 is 2.19 bits per heavy atom. The first-order chi connectivity index (χ1) is 10.1. The van der Waals surface area contributed by atoms with Gasteiger partial charge < -0.3 is 10.2 Å². The molecule has 1 heterocycles. The molecule has 2 rings (SSSR count). The topological polar surface area (TPSA) is 102 Å². The van der Waals surface area contributed by atoms with Gasteiger partial charge in [-0.3, -0.25) is 5.43 Å². The van der Waals surface area contributed by atoms with Crippen LogP contribution in [0.5, 0.6) is 11.5 Å². The van der Waals surface area contributed by atoms with Crippen LogP contribution in [0.15, 0.2) is 28.3 Å². The highest BCUT2D eigenvalue weighted by Crippen LogP contribution is 2.30. The van der Waals surface area contributed by atoms with Gasteiger partial charge in [-0.15, -0.1) is 11.8 Å². The highest BCUT2D eigenvalue weighted by atomic mass is 32.2. The maximum Gasteiger partial charge on any atom is 0.158 e. The first-order valence-electron chi connectivity index (χ1n) is 5.83. The Balaban J connectivity index is 2.23. The van der Waals surface area contributed by atoms with Crippen molar-refractivity contribution in [2.75, 3.05) is 11.7 Å². The first-order valence-corrected chi connectivity index (χ1v) is 7.83. The molecular weight excluding hydrogens is 308 g/mol. The van der Waals surface area contributed by atoms with E-state index in [0.29, 0.717) is 26.9 Å². The number of aromatic nitrogens is 1. The fourth-order valence-electron chi connectivity index (χ4n) is 1.54. The largest absolute Gasteiger partial charge is 0.504 e. The Morgan fingerprint density at radius 1 is 1.43 bits per heavy atom. The lowest BCUT2D eigenvalue weighted by molar-refractivity contribution is 0.403. The number of rotatable bonds is 4. The normalized spacial score (nSPS) is 11.2. The zero-order valence-electron chi connectivity index (χ0n) is 11.3. The first kappa shape index (κ1) is 15.2. The summed E-state index contributed by atoms with van der Waals surface area (Å²) in [6.07, 6.45) is 1.85. The van der Waals surface area contributed by atoms with Crippen LogP contribution < -0.4 is 5.43 Å². The van der Waals surface area contributed by atoms with Crippen LogP contribution in [-0.2, 0) is 0 Å². The molecule has 8 heteroatoms.